The number of nitrogens with zero attached hydrogens (tertiary/aromatic N) is 2. The molecular weight excluding hydrogens is 304 g/mol. The number of benzene rings is 1. The third kappa shape index (κ3) is 2.78. The predicted molar refractivity (Wildman–Crippen MR) is 94.2 cm³/mol. The maximum atomic E-state index is 11.7. The molecule has 0 atom stereocenters. The molecule has 1 aliphatic rings. The fourth-order valence-corrected chi connectivity index (χ4v) is 2.87. The average Bonchev–Trinajstić information content (AvgIpc) is 2.98. The number of anilines is 1. The van der Waals surface area contributed by atoms with Crippen LogP contribution in [0.3, 0.4) is 0 Å². The minimum Gasteiger partial charge on any atom is -0.378 e. The van der Waals surface area contributed by atoms with Crippen molar-refractivity contribution < 1.29 is 9.59 Å². The van der Waals surface area contributed by atoms with E-state index in [1.807, 2.05) is 34.0 Å². The zero-order valence-electron chi connectivity index (χ0n) is 14.2. The first-order chi connectivity index (χ1) is 11.4. The van der Waals surface area contributed by atoms with Gasteiger partial charge in [-0.05, 0) is 55.8 Å². The second-order valence-corrected chi connectivity index (χ2v) is 6.04. The number of aromatic nitrogens is 1. The Morgan fingerprint density at radius 3 is 2.25 bits per heavy atom. The molecule has 0 aliphatic carbocycles. The number of imide groups is 1. The molecule has 2 N–H and O–H groups in total. The second kappa shape index (κ2) is 5.88. The SMILES string of the molecule is Cc1cc(/C=C2\NC(=O)NC2=O)c(C)n1-c1ccc(N(C)C)cc1. The lowest BCUT2D eigenvalue weighted by atomic mass is 10.2. The number of carbonyl (C=O) groups is 2. The van der Waals surface area contributed by atoms with Crippen molar-refractivity contribution in [2.45, 2.75) is 13.8 Å². The van der Waals surface area contributed by atoms with Crippen molar-refractivity contribution in [2.75, 3.05) is 19.0 Å². The maximum absolute atomic E-state index is 11.7. The lowest BCUT2D eigenvalue weighted by Crippen LogP contribution is -2.22. The number of aryl methyl sites for hydroxylation is 1. The van der Waals surface area contributed by atoms with Gasteiger partial charge in [-0.3, -0.25) is 10.1 Å². The molecule has 3 amide bonds. The summed E-state index contributed by atoms with van der Waals surface area (Å²) in [6, 6.07) is 9.78. The number of hydrogen-bond acceptors (Lipinski definition) is 3. The molecule has 0 unspecified atom stereocenters. The second-order valence-electron chi connectivity index (χ2n) is 6.04. The fourth-order valence-electron chi connectivity index (χ4n) is 2.87. The third-order valence-electron chi connectivity index (χ3n) is 4.11. The van der Waals surface area contributed by atoms with Gasteiger partial charge in [0, 0.05) is 36.9 Å². The molecule has 0 radical (unpaired) electrons. The molecule has 2 heterocycles. The van der Waals surface area contributed by atoms with Crippen LogP contribution in [0.15, 0.2) is 36.0 Å². The van der Waals surface area contributed by atoms with E-state index >= 15 is 0 Å². The van der Waals surface area contributed by atoms with Crippen LogP contribution in [0.5, 0.6) is 0 Å². The van der Waals surface area contributed by atoms with Crippen molar-refractivity contribution in [2.24, 2.45) is 0 Å². The molecular formula is C18H20N4O2. The standard InChI is InChI=1S/C18H20N4O2/c1-11-9-13(10-16-17(23)20-18(24)19-16)12(2)22(11)15-7-5-14(6-8-15)21(3)4/h5-10H,1-4H3,(H2,19,20,23,24)/b16-10-. The van der Waals surface area contributed by atoms with Gasteiger partial charge in [-0.1, -0.05) is 0 Å². The van der Waals surface area contributed by atoms with E-state index in [0.29, 0.717) is 0 Å². The monoisotopic (exact) mass is 324 g/mol. The van der Waals surface area contributed by atoms with E-state index in [1.165, 1.54) is 0 Å². The Labute approximate surface area is 140 Å². The molecule has 124 valence electrons. The largest absolute Gasteiger partial charge is 0.378 e. The van der Waals surface area contributed by atoms with Gasteiger partial charge in [0.2, 0.25) is 0 Å². The Bertz CT molecular complexity index is 845. The molecule has 0 saturated carbocycles. The van der Waals surface area contributed by atoms with Crippen LogP contribution in [0.2, 0.25) is 0 Å². The first-order valence-corrected chi connectivity index (χ1v) is 7.67. The van der Waals surface area contributed by atoms with Crippen LogP contribution >= 0.6 is 0 Å². The lowest BCUT2D eigenvalue weighted by Gasteiger charge is -2.14. The van der Waals surface area contributed by atoms with Crippen LogP contribution in [0.4, 0.5) is 10.5 Å². The summed E-state index contributed by atoms with van der Waals surface area (Å²) in [6.07, 6.45) is 1.70. The van der Waals surface area contributed by atoms with Crippen molar-refractivity contribution in [3.8, 4) is 5.69 Å². The number of rotatable bonds is 3. The quantitative estimate of drug-likeness (QED) is 0.673. The van der Waals surface area contributed by atoms with E-state index in [2.05, 4.69) is 44.4 Å². The minimum atomic E-state index is -0.487. The van der Waals surface area contributed by atoms with E-state index in [0.717, 1.165) is 28.3 Å². The zero-order valence-corrected chi connectivity index (χ0v) is 14.2. The predicted octanol–water partition coefficient (Wildman–Crippen LogP) is 2.34. The highest BCUT2D eigenvalue weighted by Crippen LogP contribution is 2.24. The molecule has 1 fully saturated rings. The van der Waals surface area contributed by atoms with Gasteiger partial charge in [-0.2, -0.15) is 0 Å². The van der Waals surface area contributed by atoms with Crippen LogP contribution < -0.4 is 15.5 Å². The molecule has 3 rings (SSSR count). The third-order valence-corrected chi connectivity index (χ3v) is 4.11. The Morgan fingerprint density at radius 2 is 1.71 bits per heavy atom. The van der Waals surface area contributed by atoms with Gasteiger partial charge in [0.15, 0.2) is 0 Å². The minimum absolute atomic E-state index is 0.267. The highest BCUT2D eigenvalue weighted by atomic mass is 16.2. The normalized spacial score (nSPS) is 15.6. The summed E-state index contributed by atoms with van der Waals surface area (Å²) < 4.78 is 2.13. The first kappa shape index (κ1) is 15.9. The molecule has 0 spiro atoms. The lowest BCUT2D eigenvalue weighted by molar-refractivity contribution is -0.115. The van der Waals surface area contributed by atoms with Gasteiger partial charge in [0.1, 0.15) is 5.70 Å². The molecule has 6 heteroatoms. The molecule has 1 saturated heterocycles. The fraction of sp³-hybridized carbons (Fsp3) is 0.222. The topological polar surface area (TPSA) is 66.4 Å². The van der Waals surface area contributed by atoms with Crippen molar-refractivity contribution in [3.05, 3.63) is 53.0 Å². The Morgan fingerprint density at radius 1 is 1.04 bits per heavy atom. The molecule has 1 aliphatic heterocycles. The Balaban J connectivity index is 1.99. The molecule has 0 bridgehead atoms. The van der Waals surface area contributed by atoms with Crippen LogP contribution in [-0.4, -0.2) is 30.6 Å². The molecule has 1 aromatic heterocycles. The molecule has 1 aromatic carbocycles. The summed E-state index contributed by atoms with van der Waals surface area (Å²) in [5, 5.41) is 4.72. The number of nitrogens with one attached hydrogen (secondary N) is 2. The van der Waals surface area contributed by atoms with Crippen molar-refractivity contribution >= 4 is 23.7 Å². The van der Waals surface area contributed by atoms with Gasteiger partial charge in [0.05, 0.1) is 0 Å². The van der Waals surface area contributed by atoms with Crippen molar-refractivity contribution in [3.63, 3.8) is 0 Å². The smallest absolute Gasteiger partial charge is 0.326 e. The van der Waals surface area contributed by atoms with Gasteiger partial charge in [-0.15, -0.1) is 0 Å². The zero-order chi connectivity index (χ0) is 17.4. The summed E-state index contributed by atoms with van der Waals surface area (Å²) in [5.41, 5.74) is 5.42. The maximum Gasteiger partial charge on any atom is 0.326 e. The highest BCUT2D eigenvalue weighted by molar-refractivity contribution is 6.14. The van der Waals surface area contributed by atoms with Crippen LogP contribution in [-0.2, 0) is 4.79 Å². The molecule has 24 heavy (non-hydrogen) atoms. The van der Waals surface area contributed by atoms with E-state index in [4.69, 9.17) is 0 Å². The number of carbonyl (C=O) groups excluding carboxylic acids is 2. The van der Waals surface area contributed by atoms with E-state index in [-0.39, 0.29) is 5.70 Å². The van der Waals surface area contributed by atoms with Gasteiger partial charge in [0.25, 0.3) is 5.91 Å². The van der Waals surface area contributed by atoms with E-state index in [1.54, 1.807) is 6.08 Å². The van der Waals surface area contributed by atoms with Gasteiger partial charge >= 0.3 is 6.03 Å². The summed E-state index contributed by atoms with van der Waals surface area (Å²) in [4.78, 5) is 25.0. The number of hydrogen-bond donors (Lipinski definition) is 2. The summed E-state index contributed by atoms with van der Waals surface area (Å²) in [7, 11) is 4.01. The highest BCUT2D eigenvalue weighted by Gasteiger charge is 2.23. The Hall–Kier alpha value is -3.02. The van der Waals surface area contributed by atoms with Crippen molar-refractivity contribution in [1.29, 1.82) is 0 Å². The van der Waals surface area contributed by atoms with E-state index < -0.39 is 11.9 Å². The summed E-state index contributed by atoms with van der Waals surface area (Å²) in [6.45, 7) is 4.01. The van der Waals surface area contributed by atoms with E-state index in [9.17, 15) is 9.59 Å². The molecule has 2 aromatic rings. The number of urea groups is 1. The van der Waals surface area contributed by atoms with Gasteiger partial charge in [-0.25, -0.2) is 4.79 Å². The Kier molecular flexibility index (Phi) is 3.89. The number of amides is 3. The van der Waals surface area contributed by atoms with Crippen LogP contribution in [0.25, 0.3) is 11.8 Å². The van der Waals surface area contributed by atoms with Crippen LogP contribution in [0.1, 0.15) is 17.0 Å². The summed E-state index contributed by atoms with van der Waals surface area (Å²) >= 11 is 0. The summed E-state index contributed by atoms with van der Waals surface area (Å²) in [5.74, 6) is -0.403. The molecule has 6 nitrogen and oxygen atoms in total. The average molecular weight is 324 g/mol. The van der Waals surface area contributed by atoms with Crippen molar-refractivity contribution in [1.82, 2.24) is 15.2 Å². The van der Waals surface area contributed by atoms with Gasteiger partial charge < -0.3 is 14.8 Å². The first-order valence-electron chi connectivity index (χ1n) is 7.67. The van der Waals surface area contributed by atoms with Crippen LogP contribution in [0, 0.1) is 13.8 Å².